The maximum Gasteiger partial charge on any atom is 0.330 e. The molecule has 0 radical (unpaired) electrons. The molecule has 0 spiro atoms. The van der Waals surface area contributed by atoms with Crippen molar-refractivity contribution in [2.24, 2.45) is 5.11 Å². The van der Waals surface area contributed by atoms with Gasteiger partial charge < -0.3 is 4.74 Å². The maximum absolute atomic E-state index is 12.0. The van der Waals surface area contributed by atoms with Crippen molar-refractivity contribution in [3.05, 3.63) is 45.8 Å². The van der Waals surface area contributed by atoms with Gasteiger partial charge in [0.15, 0.2) is 0 Å². The third-order valence-electron chi connectivity index (χ3n) is 2.98. The Labute approximate surface area is 112 Å². The number of carbonyl (C=O) groups is 1. The zero-order valence-corrected chi connectivity index (χ0v) is 11.4. The number of azide groups is 1. The van der Waals surface area contributed by atoms with Gasteiger partial charge in [-0.2, -0.15) is 0 Å². The number of aryl methyl sites for hydroxylation is 1. The minimum atomic E-state index is -0.951. The van der Waals surface area contributed by atoms with E-state index in [1.807, 2.05) is 31.2 Å². The Hall–Kier alpha value is -2.04. The fourth-order valence-electron chi connectivity index (χ4n) is 1.78. The molecular weight excluding hydrogens is 244 g/mol. The first kappa shape index (κ1) is 15.0. The molecule has 0 aliphatic heterocycles. The topological polar surface area (TPSA) is 87.1 Å². The van der Waals surface area contributed by atoms with Gasteiger partial charge in [0.2, 0.25) is 0 Å². The Morgan fingerprint density at radius 3 is 2.63 bits per heavy atom. The van der Waals surface area contributed by atoms with E-state index >= 15 is 0 Å². The predicted octanol–water partition coefficient (Wildman–Crippen LogP) is 2.28. The van der Waals surface area contributed by atoms with Crippen LogP contribution < -0.4 is 5.32 Å². The largest absolute Gasteiger partial charge is 0.467 e. The zero-order valence-electron chi connectivity index (χ0n) is 11.4. The quantitative estimate of drug-likeness (QED) is 0.280. The molecule has 1 atom stereocenters. The Morgan fingerprint density at radius 1 is 1.47 bits per heavy atom. The van der Waals surface area contributed by atoms with Crippen LogP contribution in [-0.4, -0.2) is 26.2 Å². The molecular formula is C13H18N4O2. The van der Waals surface area contributed by atoms with Gasteiger partial charge in [-0.25, -0.2) is 4.79 Å². The number of nitrogens with zero attached hydrogens (tertiary/aromatic N) is 3. The number of carbonyl (C=O) groups excluding carboxylic acids is 1. The standard InChI is InChI=1S/C13H18N4O2/c1-10-4-6-11(7-5-10)13(2,12(18)19-3)15-8-9-16-17-14/h4-7,15H,8-9H2,1-3H3. The Balaban J connectivity index is 2.95. The molecule has 1 aromatic rings. The molecule has 0 aliphatic carbocycles. The minimum absolute atomic E-state index is 0.273. The number of rotatable bonds is 6. The second-order valence-electron chi connectivity index (χ2n) is 4.36. The van der Waals surface area contributed by atoms with Gasteiger partial charge in [0.1, 0.15) is 5.54 Å². The number of esters is 1. The number of hydrogen-bond acceptors (Lipinski definition) is 4. The lowest BCUT2D eigenvalue weighted by Gasteiger charge is -2.28. The van der Waals surface area contributed by atoms with Crippen LogP contribution in [0.25, 0.3) is 10.4 Å². The molecule has 1 rings (SSSR count). The predicted molar refractivity (Wildman–Crippen MR) is 72.6 cm³/mol. The van der Waals surface area contributed by atoms with Crippen LogP contribution in [0.4, 0.5) is 0 Å². The molecule has 0 aromatic heterocycles. The summed E-state index contributed by atoms with van der Waals surface area (Å²) in [6.07, 6.45) is 0. The molecule has 0 aliphatic rings. The van der Waals surface area contributed by atoms with Crippen molar-refractivity contribution >= 4 is 5.97 Å². The van der Waals surface area contributed by atoms with Crippen LogP contribution >= 0.6 is 0 Å². The molecule has 1 N–H and O–H groups in total. The highest BCUT2D eigenvalue weighted by Gasteiger charge is 2.35. The Bertz CT molecular complexity index is 480. The van der Waals surface area contributed by atoms with E-state index in [9.17, 15) is 4.79 Å². The average molecular weight is 262 g/mol. The molecule has 1 unspecified atom stereocenters. The highest BCUT2D eigenvalue weighted by molar-refractivity contribution is 5.82. The molecule has 0 heterocycles. The van der Waals surface area contributed by atoms with Gasteiger partial charge in [0.25, 0.3) is 0 Å². The summed E-state index contributed by atoms with van der Waals surface area (Å²) in [5.41, 5.74) is 9.21. The molecule has 102 valence electrons. The molecule has 0 amide bonds. The van der Waals surface area contributed by atoms with E-state index in [2.05, 4.69) is 15.3 Å². The van der Waals surface area contributed by atoms with E-state index in [0.29, 0.717) is 6.54 Å². The fourth-order valence-corrected chi connectivity index (χ4v) is 1.78. The lowest BCUT2D eigenvalue weighted by molar-refractivity contribution is -0.148. The van der Waals surface area contributed by atoms with E-state index in [-0.39, 0.29) is 12.5 Å². The number of methoxy groups -OCH3 is 1. The summed E-state index contributed by atoms with van der Waals surface area (Å²) in [4.78, 5) is 14.7. The lowest BCUT2D eigenvalue weighted by atomic mass is 9.91. The van der Waals surface area contributed by atoms with Crippen LogP contribution in [0.15, 0.2) is 29.4 Å². The zero-order chi connectivity index (χ0) is 14.3. The average Bonchev–Trinajstić information content (AvgIpc) is 2.43. The first-order chi connectivity index (χ1) is 9.04. The first-order valence-electron chi connectivity index (χ1n) is 5.96. The summed E-state index contributed by atoms with van der Waals surface area (Å²) in [5, 5.41) is 6.51. The van der Waals surface area contributed by atoms with Gasteiger partial charge in [0.05, 0.1) is 7.11 Å². The van der Waals surface area contributed by atoms with Crippen molar-refractivity contribution in [1.82, 2.24) is 5.32 Å². The van der Waals surface area contributed by atoms with E-state index in [0.717, 1.165) is 11.1 Å². The summed E-state index contributed by atoms with van der Waals surface area (Å²) < 4.78 is 4.85. The van der Waals surface area contributed by atoms with Gasteiger partial charge in [-0.15, -0.1) is 0 Å². The van der Waals surface area contributed by atoms with E-state index in [1.54, 1.807) is 6.92 Å². The van der Waals surface area contributed by atoms with Gasteiger partial charge in [-0.3, -0.25) is 5.32 Å². The Kier molecular flexibility index (Phi) is 5.36. The van der Waals surface area contributed by atoms with Crippen molar-refractivity contribution in [1.29, 1.82) is 0 Å². The Morgan fingerprint density at radius 2 is 2.11 bits per heavy atom. The molecule has 0 fully saturated rings. The second-order valence-corrected chi connectivity index (χ2v) is 4.36. The third-order valence-corrected chi connectivity index (χ3v) is 2.98. The number of nitrogens with one attached hydrogen (secondary N) is 1. The van der Waals surface area contributed by atoms with Gasteiger partial charge >= 0.3 is 5.97 Å². The maximum atomic E-state index is 12.0. The highest BCUT2D eigenvalue weighted by atomic mass is 16.5. The van der Waals surface area contributed by atoms with E-state index in [1.165, 1.54) is 7.11 Å². The van der Waals surface area contributed by atoms with Gasteiger partial charge in [-0.05, 0) is 24.9 Å². The molecule has 0 bridgehead atoms. The smallest absolute Gasteiger partial charge is 0.330 e. The molecule has 0 saturated heterocycles. The number of benzene rings is 1. The second kappa shape index (κ2) is 6.78. The molecule has 6 heteroatoms. The van der Waals surface area contributed by atoms with Crippen LogP contribution in [0.1, 0.15) is 18.1 Å². The van der Waals surface area contributed by atoms with Crippen molar-refractivity contribution < 1.29 is 9.53 Å². The summed E-state index contributed by atoms with van der Waals surface area (Å²) in [6, 6.07) is 7.64. The van der Waals surface area contributed by atoms with Crippen molar-refractivity contribution in [3.8, 4) is 0 Å². The van der Waals surface area contributed by atoms with Crippen molar-refractivity contribution in [3.63, 3.8) is 0 Å². The monoisotopic (exact) mass is 262 g/mol. The molecule has 19 heavy (non-hydrogen) atoms. The van der Waals surface area contributed by atoms with Gasteiger partial charge in [0, 0.05) is 18.0 Å². The summed E-state index contributed by atoms with van der Waals surface area (Å²) in [5.74, 6) is -0.378. The minimum Gasteiger partial charge on any atom is -0.467 e. The van der Waals surface area contributed by atoms with Gasteiger partial charge in [-0.1, -0.05) is 34.9 Å². The summed E-state index contributed by atoms with van der Waals surface area (Å²) in [6.45, 7) is 4.40. The van der Waals surface area contributed by atoms with Crippen LogP contribution in [0.5, 0.6) is 0 Å². The van der Waals surface area contributed by atoms with Crippen LogP contribution in [0.2, 0.25) is 0 Å². The highest BCUT2D eigenvalue weighted by Crippen LogP contribution is 2.22. The van der Waals surface area contributed by atoms with Crippen molar-refractivity contribution in [2.75, 3.05) is 20.2 Å². The number of ether oxygens (including phenoxy) is 1. The number of hydrogen-bond donors (Lipinski definition) is 1. The summed E-state index contributed by atoms with van der Waals surface area (Å²) in [7, 11) is 1.35. The van der Waals surface area contributed by atoms with Crippen LogP contribution in [0.3, 0.4) is 0 Å². The first-order valence-corrected chi connectivity index (χ1v) is 5.96. The normalized spacial score (nSPS) is 13.2. The lowest BCUT2D eigenvalue weighted by Crippen LogP contribution is -2.48. The molecule has 6 nitrogen and oxygen atoms in total. The fraction of sp³-hybridized carbons (Fsp3) is 0.462. The van der Waals surface area contributed by atoms with Crippen LogP contribution in [-0.2, 0) is 15.1 Å². The summed E-state index contributed by atoms with van der Waals surface area (Å²) >= 11 is 0. The molecule has 1 aromatic carbocycles. The van der Waals surface area contributed by atoms with Crippen LogP contribution in [0, 0.1) is 6.92 Å². The SMILES string of the molecule is COC(=O)C(C)(NCCN=[N+]=[N-])c1ccc(C)cc1. The van der Waals surface area contributed by atoms with E-state index < -0.39 is 5.54 Å². The van der Waals surface area contributed by atoms with E-state index in [4.69, 9.17) is 10.3 Å². The third kappa shape index (κ3) is 3.71. The van der Waals surface area contributed by atoms with Crippen molar-refractivity contribution in [2.45, 2.75) is 19.4 Å². The molecule has 0 saturated carbocycles.